The summed E-state index contributed by atoms with van der Waals surface area (Å²) in [5.41, 5.74) is 1.50. The van der Waals surface area contributed by atoms with Crippen LogP contribution in [0.2, 0.25) is 0 Å². The molecule has 1 aliphatic rings. The molecule has 2 heterocycles. The molecule has 128 valence electrons. The molecule has 2 N–H and O–H groups in total. The van der Waals surface area contributed by atoms with Crippen molar-refractivity contribution < 1.29 is 4.79 Å². The fourth-order valence-corrected chi connectivity index (χ4v) is 2.85. The van der Waals surface area contributed by atoms with Gasteiger partial charge in [-0.3, -0.25) is 0 Å². The number of carbonyl (C=O) groups excluding carboxylic acids is 1. The van der Waals surface area contributed by atoms with Crippen molar-refractivity contribution in [3.63, 3.8) is 0 Å². The van der Waals surface area contributed by atoms with Crippen LogP contribution in [0.3, 0.4) is 0 Å². The van der Waals surface area contributed by atoms with Crippen molar-refractivity contribution in [1.29, 1.82) is 5.26 Å². The minimum atomic E-state index is -0.184. The van der Waals surface area contributed by atoms with Crippen LogP contribution in [0.4, 0.5) is 10.7 Å². The first-order valence-electron chi connectivity index (χ1n) is 8.30. The molecule has 1 aliphatic heterocycles. The normalized spacial score (nSPS) is 14.6. The predicted octanol–water partition coefficient (Wildman–Crippen LogP) is 1.82. The standard InChI is InChI=1S/C18H20N6O/c19-12-14-3-1-4-15(11-14)13-22-18(25)23-16-5-9-24(10-6-16)17-20-7-2-8-21-17/h1-4,7-8,11,16H,5-6,9-10,13H2,(H2,22,23,25). The molecule has 0 radical (unpaired) electrons. The van der Waals surface area contributed by atoms with Gasteiger partial charge in [0.15, 0.2) is 0 Å². The van der Waals surface area contributed by atoms with Gasteiger partial charge in [-0.2, -0.15) is 5.26 Å². The Kier molecular flexibility index (Phi) is 5.42. The van der Waals surface area contributed by atoms with Crippen molar-refractivity contribution in [2.45, 2.75) is 25.4 Å². The number of carbonyl (C=O) groups is 1. The van der Waals surface area contributed by atoms with Crippen LogP contribution in [-0.2, 0) is 6.54 Å². The van der Waals surface area contributed by atoms with Gasteiger partial charge in [0.1, 0.15) is 0 Å². The fraction of sp³-hybridized carbons (Fsp3) is 0.333. The van der Waals surface area contributed by atoms with E-state index in [9.17, 15) is 4.79 Å². The lowest BCUT2D eigenvalue weighted by Gasteiger charge is -2.32. The molecule has 1 aromatic carbocycles. The molecule has 3 rings (SSSR count). The maximum atomic E-state index is 12.1. The third kappa shape index (κ3) is 4.67. The molecule has 1 saturated heterocycles. The average molecular weight is 336 g/mol. The van der Waals surface area contributed by atoms with Crippen molar-refractivity contribution in [3.8, 4) is 6.07 Å². The Morgan fingerprint density at radius 2 is 2.00 bits per heavy atom. The molecule has 2 aromatic rings. The van der Waals surface area contributed by atoms with Crippen LogP contribution in [0.1, 0.15) is 24.0 Å². The second-order valence-electron chi connectivity index (χ2n) is 5.95. The smallest absolute Gasteiger partial charge is 0.315 e. The number of hydrogen-bond donors (Lipinski definition) is 2. The van der Waals surface area contributed by atoms with Crippen LogP contribution in [0, 0.1) is 11.3 Å². The Balaban J connectivity index is 1.43. The summed E-state index contributed by atoms with van der Waals surface area (Å²) in [7, 11) is 0. The number of nitrogens with one attached hydrogen (secondary N) is 2. The number of piperidine rings is 1. The van der Waals surface area contributed by atoms with Crippen LogP contribution in [0.15, 0.2) is 42.7 Å². The van der Waals surface area contributed by atoms with E-state index in [1.54, 1.807) is 30.6 Å². The highest BCUT2D eigenvalue weighted by Crippen LogP contribution is 2.15. The van der Waals surface area contributed by atoms with E-state index in [0.29, 0.717) is 12.1 Å². The Bertz CT molecular complexity index is 750. The molecule has 0 aliphatic carbocycles. The van der Waals surface area contributed by atoms with Gasteiger partial charge in [-0.1, -0.05) is 12.1 Å². The molecule has 7 nitrogen and oxygen atoms in total. The Labute approximate surface area is 146 Å². The van der Waals surface area contributed by atoms with E-state index in [4.69, 9.17) is 5.26 Å². The third-order valence-electron chi connectivity index (χ3n) is 4.17. The van der Waals surface area contributed by atoms with Crippen molar-refractivity contribution >= 4 is 12.0 Å². The van der Waals surface area contributed by atoms with Gasteiger partial charge in [-0.05, 0) is 36.6 Å². The quantitative estimate of drug-likeness (QED) is 0.888. The molecule has 0 saturated carbocycles. The topological polar surface area (TPSA) is 93.9 Å². The van der Waals surface area contributed by atoms with Crippen molar-refractivity contribution in [1.82, 2.24) is 20.6 Å². The number of aromatic nitrogens is 2. The Hall–Kier alpha value is -3.14. The highest BCUT2D eigenvalue weighted by atomic mass is 16.2. The van der Waals surface area contributed by atoms with Crippen LogP contribution < -0.4 is 15.5 Å². The second-order valence-corrected chi connectivity index (χ2v) is 5.95. The lowest BCUT2D eigenvalue weighted by atomic mass is 10.1. The molecule has 0 bridgehead atoms. The molecule has 0 unspecified atom stereocenters. The molecule has 1 fully saturated rings. The van der Waals surface area contributed by atoms with E-state index < -0.39 is 0 Å². The van der Waals surface area contributed by atoms with E-state index in [-0.39, 0.29) is 12.1 Å². The molecule has 2 amide bonds. The largest absolute Gasteiger partial charge is 0.341 e. The second kappa shape index (κ2) is 8.11. The summed E-state index contributed by atoms with van der Waals surface area (Å²) >= 11 is 0. The van der Waals surface area contributed by atoms with Gasteiger partial charge < -0.3 is 15.5 Å². The lowest BCUT2D eigenvalue weighted by Crippen LogP contribution is -2.48. The van der Waals surface area contributed by atoms with E-state index >= 15 is 0 Å². The van der Waals surface area contributed by atoms with E-state index in [2.05, 4.69) is 31.6 Å². The van der Waals surface area contributed by atoms with Crippen LogP contribution >= 0.6 is 0 Å². The van der Waals surface area contributed by atoms with Gasteiger partial charge in [-0.25, -0.2) is 14.8 Å². The highest BCUT2D eigenvalue weighted by molar-refractivity contribution is 5.74. The summed E-state index contributed by atoms with van der Waals surface area (Å²) in [6.07, 6.45) is 5.19. The summed E-state index contributed by atoms with van der Waals surface area (Å²) in [6.45, 7) is 2.04. The SMILES string of the molecule is N#Cc1cccc(CNC(=O)NC2CCN(c3ncccn3)CC2)c1. The minimum absolute atomic E-state index is 0.144. The fourth-order valence-electron chi connectivity index (χ4n) is 2.85. The minimum Gasteiger partial charge on any atom is -0.341 e. The monoisotopic (exact) mass is 336 g/mol. The Morgan fingerprint density at radius 3 is 2.72 bits per heavy atom. The summed E-state index contributed by atoms with van der Waals surface area (Å²) < 4.78 is 0. The number of anilines is 1. The Morgan fingerprint density at radius 1 is 1.24 bits per heavy atom. The number of urea groups is 1. The number of nitrogens with zero attached hydrogens (tertiary/aromatic N) is 4. The number of rotatable bonds is 4. The van der Waals surface area contributed by atoms with Gasteiger partial charge >= 0.3 is 6.03 Å². The van der Waals surface area contributed by atoms with Gasteiger partial charge in [0.2, 0.25) is 5.95 Å². The zero-order valence-electron chi connectivity index (χ0n) is 13.9. The van der Waals surface area contributed by atoms with Crippen molar-refractivity contribution in [2.75, 3.05) is 18.0 Å². The maximum absolute atomic E-state index is 12.1. The zero-order valence-corrected chi connectivity index (χ0v) is 13.9. The molecular weight excluding hydrogens is 316 g/mol. The molecule has 0 atom stereocenters. The summed E-state index contributed by atoms with van der Waals surface area (Å²) in [5, 5.41) is 14.7. The van der Waals surface area contributed by atoms with Crippen molar-refractivity contribution in [3.05, 3.63) is 53.9 Å². The van der Waals surface area contributed by atoms with Gasteiger partial charge in [0.25, 0.3) is 0 Å². The average Bonchev–Trinajstić information content (AvgIpc) is 2.68. The van der Waals surface area contributed by atoms with E-state index in [1.165, 1.54) is 0 Å². The highest BCUT2D eigenvalue weighted by Gasteiger charge is 2.21. The lowest BCUT2D eigenvalue weighted by molar-refractivity contribution is 0.234. The zero-order chi connectivity index (χ0) is 17.5. The first-order chi connectivity index (χ1) is 12.2. The predicted molar refractivity (Wildman–Crippen MR) is 93.8 cm³/mol. The third-order valence-corrected chi connectivity index (χ3v) is 4.17. The van der Waals surface area contributed by atoms with Crippen LogP contribution in [0.5, 0.6) is 0 Å². The van der Waals surface area contributed by atoms with Crippen molar-refractivity contribution in [2.24, 2.45) is 0 Å². The molecular formula is C18H20N6O. The summed E-state index contributed by atoms with van der Waals surface area (Å²) in [6, 6.07) is 11.1. The van der Waals surface area contributed by atoms with E-state index in [1.807, 2.05) is 12.1 Å². The van der Waals surface area contributed by atoms with Crippen LogP contribution in [0.25, 0.3) is 0 Å². The number of hydrogen-bond acceptors (Lipinski definition) is 5. The first kappa shape index (κ1) is 16.7. The summed E-state index contributed by atoms with van der Waals surface area (Å²) in [4.78, 5) is 22.7. The number of benzene rings is 1. The van der Waals surface area contributed by atoms with Gasteiger partial charge in [0.05, 0.1) is 11.6 Å². The number of nitriles is 1. The van der Waals surface area contributed by atoms with Gasteiger partial charge in [0, 0.05) is 38.1 Å². The molecule has 0 spiro atoms. The van der Waals surface area contributed by atoms with E-state index in [0.717, 1.165) is 37.4 Å². The molecule has 1 aromatic heterocycles. The maximum Gasteiger partial charge on any atom is 0.315 e. The van der Waals surface area contributed by atoms with Gasteiger partial charge in [-0.15, -0.1) is 0 Å². The molecule has 25 heavy (non-hydrogen) atoms. The summed E-state index contributed by atoms with van der Waals surface area (Å²) in [5.74, 6) is 0.739. The number of amides is 2. The first-order valence-corrected chi connectivity index (χ1v) is 8.30. The molecule has 7 heteroatoms. The van der Waals surface area contributed by atoms with Crippen LogP contribution in [-0.4, -0.2) is 35.1 Å².